The Balaban J connectivity index is 1.81. The van der Waals surface area contributed by atoms with Crippen LogP contribution in [-0.2, 0) is 23.7 Å². The van der Waals surface area contributed by atoms with Crippen LogP contribution in [0, 0.1) is 17.8 Å². The van der Waals surface area contributed by atoms with E-state index in [1.807, 2.05) is 6.92 Å². The summed E-state index contributed by atoms with van der Waals surface area (Å²) in [5.74, 6) is -1.93. The second-order valence-corrected chi connectivity index (χ2v) is 7.27. The first-order chi connectivity index (χ1) is 12.8. The van der Waals surface area contributed by atoms with E-state index >= 15 is 0 Å². The summed E-state index contributed by atoms with van der Waals surface area (Å²) >= 11 is 0. The van der Waals surface area contributed by atoms with Gasteiger partial charge in [0, 0.05) is 18.9 Å². The van der Waals surface area contributed by atoms with Crippen molar-refractivity contribution in [3.05, 3.63) is 11.8 Å². The number of aliphatic carboxylic acids is 1. The molecule has 0 aromatic carbocycles. The molecule has 2 aliphatic heterocycles. The second-order valence-electron chi connectivity index (χ2n) is 7.27. The highest BCUT2D eigenvalue weighted by Crippen LogP contribution is 2.48. The number of carboxylic acids is 1. The minimum absolute atomic E-state index is 0.0991. The van der Waals surface area contributed by atoms with Crippen LogP contribution in [0.3, 0.4) is 0 Å². The number of aliphatic hydroxyl groups is 4. The van der Waals surface area contributed by atoms with Crippen LogP contribution in [0.25, 0.3) is 0 Å². The summed E-state index contributed by atoms with van der Waals surface area (Å²) < 4.78 is 22.0. The first-order valence-electron chi connectivity index (χ1n) is 8.87. The van der Waals surface area contributed by atoms with Gasteiger partial charge in [0.25, 0.3) is 0 Å². The number of aliphatic hydroxyl groups excluding tert-OH is 4. The van der Waals surface area contributed by atoms with E-state index in [1.54, 1.807) is 7.11 Å². The normalized spacial score (nSPS) is 47.1. The van der Waals surface area contributed by atoms with E-state index in [9.17, 15) is 30.3 Å². The summed E-state index contributed by atoms with van der Waals surface area (Å²) in [5, 5.41) is 48.7. The highest BCUT2D eigenvalue weighted by molar-refractivity contribution is 5.87. The highest BCUT2D eigenvalue weighted by Gasteiger charge is 2.53. The van der Waals surface area contributed by atoms with Gasteiger partial charge in [-0.2, -0.15) is 0 Å². The molecule has 0 unspecified atom stereocenters. The van der Waals surface area contributed by atoms with E-state index in [2.05, 4.69) is 0 Å². The summed E-state index contributed by atoms with van der Waals surface area (Å²) in [6.45, 7) is 1.32. The van der Waals surface area contributed by atoms with Crippen molar-refractivity contribution in [2.75, 3.05) is 13.7 Å². The first-order valence-corrected chi connectivity index (χ1v) is 8.87. The van der Waals surface area contributed by atoms with Gasteiger partial charge in [-0.05, 0) is 12.3 Å². The van der Waals surface area contributed by atoms with E-state index in [0.29, 0.717) is 6.42 Å². The summed E-state index contributed by atoms with van der Waals surface area (Å²) in [7, 11) is 1.55. The Bertz CT molecular complexity index is 578. The van der Waals surface area contributed by atoms with Gasteiger partial charge in [-0.25, -0.2) is 4.79 Å². The molecule has 1 saturated carbocycles. The maximum absolute atomic E-state index is 11.5. The number of hydrogen-bond acceptors (Lipinski definition) is 9. The average Bonchev–Trinajstić information content (AvgIpc) is 2.99. The standard InChI is InChI=1S/C17H26O10/c1-6-9(24-2)3-7-8(15(22)23)5-25-16(11(6)7)27-17-14(21)13(20)12(19)10(4-18)26-17/h5-7,9-14,16-21H,3-4H2,1-2H3,(H,22,23)/t6-,7+,9-,10+,11+,12+,13-,14+,16-,17-/m1/s1. The molecule has 1 saturated heterocycles. The molecule has 10 atom stereocenters. The van der Waals surface area contributed by atoms with Gasteiger partial charge in [-0.3, -0.25) is 0 Å². The Labute approximate surface area is 155 Å². The van der Waals surface area contributed by atoms with Crippen molar-refractivity contribution in [2.45, 2.75) is 56.4 Å². The van der Waals surface area contributed by atoms with E-state index in [-0.39, 0.29) is 29.4 Å². The molecular formula is C17H26O10. The van der Waals surface area contributed by atoms with Crippen LogP contribution in [0.1, 0.15) is 13.3 Å². The van der Waals surface area contributed by atoms with Crippen LogP contribution in [0.2, 0.25) is 0 Å². The fraction of sp³-hybridized carbons (Fsp3) is 0.824. The van der Waals surface area contributed by atoms with Crippen LogP contribution in [0.5, 0.6) is 0 Å². The summed E-state index contributed by atoms with van der Waals surface area (Å²) in [4.78, 5) is 11.5. The number of ether oxygens (including phenoxy) is 4. The zero-order valence-corrected chi connectivity index (χ0v) is 15.0. The molecule has 0 aromatic heterocycles. The van der Waals surface area contributed by atoms with E-state index in [0.717, 1.165) is 6.26 Å². The predicted octanol–water partition coefficient (Wildman–Crippen LogP) is -1.59. The quantitative estimate of drug-likeness (QED) is 0.371. The van der Waals surface area contributed by atoms with Crippen LogP contribution < -0.4 is 0 Å². The van der Waals surface area contributed by atoms with Crippen molar-refractivity contribution in [1.29, 1.82) is 0 Å². The number of hydrogen-bond donors (Lipinski definition) is 5. The zero-order valence-electron chi connectivity index (χ0n) is 15.0. The molecule has 10 heteroatoms. The lowest BCUT2D eigenvalue weighted by atomic mass is 9.83. The molecule has 2 fully saturated rings. The summed E-state index contributed by atoms with van der Waals surface area (Å²) in [6.07, 6.45) is -6.62. The SMILES string of the molecule is CO[C@@H]1C[C@H]2C(C(=O)O)=CO[C@H](O[C@H]3O[C@@H](CO)[C@H](O)[C@@H](O)[C@@H]3O)[C@H]2[C@@H]1C. The lowest BCUT2D eigenvalue weighted by molar-refractivity contribution is -0.342. The van der Waals surface area contributed by atoms with Gasteiger partial charge >= 0.3 is 5.97 Å². The zero-order chi connectivity index (χ0) is 19.9. The van der Waals surface area contributed by atoms with Crippen molar-refractivity contribution >= 4 is 5.97 Å². The molecule has 0 aromatic rings. The largest absolute Gasteiger partial charge is 0.478 e. The van der Waals surface area contributed by atoms with Gasteiger partial charge in [0.05, 0.1) is 24.5 Å². The van der Waals surface area contributed by atoms with E-state index in [4.69, 9.17) is 18.9 Å². The molecule has 0 bridgehead atoms. The van der Waals surface area contributed by atoms with Crippen molar-refractivity contribution < 1.29 is 49.3 Å². The Morgan fingerprint density at radius 2 is 1.93 bits per heavy atom. The Morgan fingerprint density at radius 3 is 2.52 bits per heavy atom. The summed E-state index contributed by atoms with van der Waals surface area (Å²) in [6, 6.07) is 0. The van der Waals surface area contributed by atoms with Crippen molar-refractivity contribution in [2.24, 2.45) is 17.8 Å². The van der Waals surface area contributed by atoms with Gasteiger partial charge in [-0.1, -0.05) is 6.92 Å². The smallest absolute Gasteiger partial charge is 0.334 e. The highest BCUT2D eigenvalue weighted by atomic mass is 16.8. The molecule has 27 heavy (non-hydrogen) atoms. The third-order valence-corrected chi connectivity index (χ3v) is 5.85. The van der Waals surface area contributed by atoms with Crippen LogP contribution in [0.15, 0.2) is 11.8 Å². The van der Waals surface area contributed by atoms with E-state index < -0.39 is 49.6 Å². The fourth-order valence-electron chi connectivity index (χ4n) is 4.28. The molecule has 10 nitrogen and oxygen atoms in total. The third-order valence-electron chi connectivity index (χ3n) is 5.85. The lowest BCUT2D eigenvalue weighted by Crippen LogP contribution is -2.60. The second kappa shape index (κ2) is 8.00. The monoisotopic (exact) mass is 390 g/mol. The molecule has 0 spiro atoms. The van der Waals surface area contributed by atoms with Gasteiger partial charge in [-0.15, -0.1) is 0 Å². The lowest BCUT2D eigenvalue weighted by Gasteiger charge is -2.43. The number of carbonyl (C=O) groups is 1. The minimum Gasteiger partial charge on any atom is -0.478 e. The third kappa shape index (κ3) is 3.58. The van der Waals surface area contributed by atoms with Crippen LogP contribution in [-0.4, -0.2) is 88.3 Å². The van der Waals surface area contributed by atoms with Crippen molar-refractivity contribution in [1.82, 2.24) is 0 Å². The molecule has 3 rings (SSSR count). The molecule has 0 amide bonds. The minimum atomic E-state index is -1.57. The number of fused-ring (bicyclic) bond motifs is 1. The molecule has 0 radical (unpaired) electrons. The van der Waals surface area contributed by atoms with Crippen molar-refractivity contribution in [3.8, 4) is 0 Å². The Hall–Kier alpha value is -1.27. The van der Waals surface area contributed by atoms with Gasteiger partial charge in [0.1, 0.15) is 24.4 Å². The fourth-order valence-corrected chi connectivity index (χ4v) is 4.28. The molecule has 2 heterocycles. The van der Waals surface area contributed by atoms with Crippen LogP contribution >= 0.6 is 0 Å². The van der Waals surface area contributed by atoms with Gasteiger partial charge in [0.2, 0.25) is 6.29 Å². The van der Waals surface area contributed by atoms with Gasteiger partial charge < -0.3 is 44.5 Å². The average molecular weight is 390 g/mol. The maximum atomic E-state index is 11.5. The first kappa shape index (κ1) is 20.5. The van der Waals surface area contributed by atoms with Crippen LogP contribution in [0.4, 0.5) is 0 Å². The summed E-state index contributed by atoms with van der Waals surface area (Å²) in [5.41, 5.74) is 0.125. The Kier molecular flexibility index (Phi) is 6.06. The molecule has 154 valence electrons. The molecule has 1 aliphatic carbocycles. The van der Waals surface area contributed by atoms with Crippen molar-refractivity contribution in [3.63, 3.8) is 0 Å². The predicted molar refractivity (Wildman–Crippen MR) is 87.0 cm³/mol. The molecular weight excluding hydrogens is 364 g/mol. The molecule has 3 aliphatic rings. The van der Waals surface area contributed by atoms with E-state index in [1.165, 1.54) is 0 Å². The number of rotatable bonds is 5. The molecule has 5 N–H and O–H groups in total. The Morgan fingerprint density at radius 1 is 1.22 bits per heavy atom. The number of methoxy groups -OCH3 is 1. The maximum Gasteiger partial charge on any atom is 0.334 e. The number of carboxylic acid groups (broad SMARTS) is 1. The topological polar surface area (TPSA) is 155 Å². The van der Waals surface area contributed by atoms with Gasteiger partial charge in [0.15, 0.2) is 6.29 Å².